The maximum absolute atomic E-state index is 13.2. The van der Waals surface area contributed by atoms with Crippen LogP contribution in [0.5, 0.6) is 0 Å². The van der Waals surface area contributed by atoms with E-state index in [9.17, 15) is 13.2 Å². The van der Waals surface area contributed by atoms with Gasteiger partial charge in [-0.25, -0.2) is 4.98 Å². The Morgan fingerprint density at radius 2 is 1.96 bits per heavy atom. The molecule has 10 heteroatoms. The lowest BCUT2D eigenvalue weighted by Crippen LogP contribution is -2.32. The van der Waals surface area contributed by atoms with Crippen molar-refractivity contribution >= 4 is 29.1 Å². The number of nitrogens with one attached hydrogen (secondary N) is 2. The standard InChI is InChI=1S/C17H19F3N6S/c18-17(19,20)13-9-14(26-7-2-1-3-8-26)24-15(23-13)25-16(27)22-11-12-5-4-6-21-10-12/h4-6,9-10H,1-3,7-8,11H2,(H2,22,23,24,25,27). The fourth-order valence-corrected chi connectivity index (χ4v) is 2.91. The summed E-state index contributed by atoms with van der Waals surface area (Å²) in [5, 5.41) is 5.71. The summed E-state index contributed by atoms with van der Waals surface area (Å²) < 4.78 is 39.7. The Hall–Kier alpha value is -2.49. The molecule has 1 saturated heterocycles. The van der Waals surface area contributed by atoms with Gasteiger partial charge in [-0.2, -0.15) is 18.2 Å². The van der Waals surface area contributed by atoms with Crippen molar-refractivity contribution in [3.8, 4) is 0 Å². The Morgan fingerprint density at radius 1 is 1.19 bits per heavy atom. The average molecular weight is 396 g/mol. The van der Waals surface area contributed by atoms with Crippen molar-refractivity contribution in [2.45, 2.75) is 32.0 Å². The Labute approximate surface area is 160 Å². The summed E-state index contributed by atoms with van der Waals surface area (Å²) >= 11 is 5.15. The van der Waals surface area contributed by atoms with Gasteiger partial charge in [-0.1, -0.05) is 6.07 Å². The minimum Gasteiger partial charge on any atom is -0.358 e. The van der Waals surface area contributed by atoms with E-state index in [1.165, 1.54) is 0 Å². The van der Waals surface area contributed by atoms with E-state index in [0.717, 1.165) is 30.9 Å². The van der Waals surface area contributed by atoms with Gasteiger partial charge in [0.25, 0.3) is 0 Å². The highest BCUT2D eigenvalue weighted by atomic mass is 32.1. The maximum atomic E-state index is 13.2. The molecule has 6 nitrogen and oxygen atoms in total. The van der Waals surface area contributed by atoms with Gasteiger partial charge in [0, 0.05) is 38.1 Å². The van der Waals surface area contributed by atoms with Gasteiger partial charge in [-0.15, -0.1) is 0 Å². The van der Waals surface area contributed by atoms with Crippen LogP contribution in [0.4, 0.5) is 24.9 Å². The minimum atomic E-state index is -4.56. The van der Waals surface area contributed by atoms with E-state index < -0.39 is 11.9 Å². The van der Waals surface area contributed by atoms with Crippen molar-refractivity contribution in [1.82, 2.24) is 20.3 Å². The molecule has 3 rings (SSSR count). The topological polar surface area (TPSA) is 66.0 Å². The molecule has 2 N–H and O–H groups in total. The average Bonchev–Trinajstić information content (AvgIpc) is 2.67. The number of rotatable bonds is 4. The number of anilines is 2. The zero-order chi connectivity index (χ0) is 19.3. The fourth-order valence-electron chi connectivity index (χ4n) is 2.75. The monoisotopic (exact) mass is 396 g/mol. The fraction of sp³-hybridized carbons (Fsp3) is 0.412. The van der Waals surface area contributed by atoms with Gasteiger partial charge in [0.2, 0.25) is 5.95 Å². The molecule has 0 aliphatic carbocycles. The minimum absolute atomic E-state index is 0.141. The van der Waals surface area contributed by atoms with Crippen molar-refractivity contribution < 1.29 is 13.2 Å². The van der Waals surface area contributed by atoms with E-state index in [-0.39, 0.29) is 16.9 Å². The summed E-state index contributed by atoms with van der Waals surface area (Å²) in [5.41, 5.74) is -0.101. The highest BCUT2D eigenvalue weighted by Crippen LogP contribution is 2.31. The van der Waals surface area contributed by atoms with Crippen LogP contribution in [-0.2, 0) is 12.7 Å². The predicted octanol–water partition coefficient (Wildman–Crippen LogP) is 3.37. The number of hydrogen-bond acceptors (Lipinski definition) is 5. The van der Waals surface area contributed by atoms with Crippen LogP contribution in [0.1, 0.15) is 30.5 Å². The number of thiocarbonyl (C=S) groups is 1. The Kier molecular flexibility index (Phi) is 6.04. The zero-order valence-corrected chi connectivity index (χ0v) is 15.3. The molecule has 144 valence electrons. The Bertz CT molecular complexity index is 778. The van der Waals surface area contributed by atoms with Gasteiger partial charge in [-0.3, -0.25) is 4.98 Å². The van der Waals surface area contributed by atoms with Crippen LogP contribution in [0.25, 0.3) is 0 Å². The van der Waals surface area contributed by atoms with Crippen molar-refractivity contribution in [1.29, 1.82) is 0 Å². The third-order valence-corrected chi connectivity index (χ3v) is 4.33. The zero-order valence-electron chi connectivity index (χ0n) is 14.5. The van der Waals surface area contributed by atoms with Gasteiger partial charge in [0.1, 0.15) is 5.82 Å². The van der Waals surface area contributed by atoms with Gasteiger partial charge < -0.3 is 15.5 Å². The number of nitrogens with zero attached hydrogens (tertiary/aromatic N) is 4. The molecule has 2 aromatic rings. The first kappa shape index (κ1) is 19.3. The van der Waals surface area contributed by atoms with Gasteiger partial charge in [0.15, 0.2) is 10.8 Å². The molecular formula is C17H19F3N6S. The maximum Gasteiger partial charge on any atom is 0.433 e. The van der Waals surface area contributed by atoms with Crippen molar-refractivity contribution in [2.75, 3.05) is 23.3 Å². The van der Waals surface area contributed by atoms with E-state index in [0.29, 0.717) is 19.6 Å². The lowest BCUT2D eigenvalue weighted by atomic mass is 10.1. The van der Waals surface area contributed by atoms with Crippen LogP contribution in [0.15, 0.2) is 30.6 Å². The van der Waals surface area contributed by atoms with E-state index in [4.69, 9.17) is 12.2 Å². The van der Waals surface area contributed by atoms with Crippen LogP contribution in [0.2, 0.25) is 0 Å². The molecule has 3 heterocycles. The molecule has 0 amide bonds. The first-order valence-electron chi connectivity index (χ1n) is 8.57. The number of pyridine rings is 1. The number of piperidine rings is 1. The molecule has 1 aliphatic heterocycles. The molecule has 0 spiro atoms. The highest BCUT2D eigenvalue weighted by Gasteiger charge is 2.34. The lowest BCUT2D eigenvalue weighted by molar-refractivity contribution is -0.141. The van der Waals surface area contributed by atoms with Crippen molar-refractivity contribution in [3.63, 3.8) is 0 Å². The van der Waals surface area contributed by atoms with E-state index in [2.05, 4.69) is 25.6 Å². The Morgan fingerprint density at radius 3 is 2.63 bits per heavy atom. The molecule has 0 atom stereocenters. The third kappa shape index (κ3) is 5.49. The second-order valence-corrected chi connectivity index (χ2v) is 6.56. The van der Waals surface area contributed by atoms with Gasteiger partial charge >= 0.3 is 6.18 Å². The second-order valence-electron chi connectivity index (χ2n) is 6.15. The van der Waals surface area contributed by atoms with Crippen molar-refractivity contribution in [2.24, 2.45) is 0 Å². The van der Waals surface area contributed by atoms with Gasteiger partial charge in [-0.05, 0) is 43.1 Å². The number of halogens is 3. The smallest absolute Gasteiger partial charge is 0.358 e. The number of alkyl halides is 3. The summed E-state index contributed by atoms with van der Waals surface area (Å²) in [7, 11) is 0. The molecule has 0 radical (unpaired) electrons. The summed E-state index contributed by atoms with van der Waals surface area (Å²) in [6.07, 6.45) is 1.69. The first-order chi connectivity index (χ1) is 12.9. The number of hydrogen-bond donors (Lipinski definition) is 2. The van der Waals surface area contributed by atoms with Crippen molar-refractivity contribution in [3.05, 3.63) is 41.9 Å². The summed E-state index contributed by atoms with van der Waals surface area (Å²) in [4.78, 5) is 13.6. The highest BCUT2D eigenvalue weighted by molar-refractivity contribution is 7.80. The number of aromatic nitrogens is 3. The summed E-state index contributed by atoms with van der Waals surface area (Å²) in [6, 6.07) is 4.63. The van der Waals surface area contributed by atoms with Crippen LogP contribution >= 0.6 is 12.2 Å². The molecule has 0 bridgehead atoms. The molecule has 1 aliphatic rings. The molecule has 0 aromatic carbocycles. The molecule has 1 fully saturated rings. The van der Waals surface area contributed by atoms with Crippen LogP contribution in [0, 0.1) is 0 Å². The largest absolute Gasteiger partial charge is 0.433 e. The van der Waals surface area contributed by atoms with Crippen LogP contribution < -0.4 is 15.5 Å². The van der Waals surface area contributed by atoms with Gasteiger partial charge in [0.05, 0.1) is 0 Å². The summed E-state index contributed by atoms with van der Waals surface area (Å²) in [5.74, 6) is 0.0867. The quantitative estimate of drug-likeness (QED) is 0.768. The first-order valence-corrected chi connectivity index (χ1v) is 8.97. The molecule has 2 aromatic heterocycles. The normalized spacial score (nSPS) is 14.7. The van der Waals surface area contributed by atoms with Crippen LogP contribution in [-0.4, -0.2) is 33.2 Å². The van der Waals surface area contributed by atoms with Crippen LogP contribution in [0.3, 0.4) is 0 Å². The summed E-state index contributed by atoms with van der Waals surface area (Å²) in [6.45, 7) is 1.74. The third-order valence-electron chi connectivity index (χ3n) is 4.08. The molecule has 27 heavy (non-hydrogen) atoms. The molecular weight excluding hydrogens is 377 g/mol. The second kappa shape index (κ2) is 8.47. The SMILES string of the molecule is FC(F)(F)c1cc(N2CCCCC2)nc(NC(=S)NCc2cccnc2)n1. The molecule has 0 saturated carbocycles. The molecule has 0 unspecified atom stereocenters. The van der Waals surface area contributed by atoms with E-state index >= 15 is 0 Å². The van der Waals surface area contributed by atoms with E-state index in [1.54, 1.807) is 18.5 Å². The lowest BCUT2D eigenvalue weighted by Gasteiger charge is -2.28. The Balaban J connectivity index is 1.73. The van der Waals surface area contributed by atoms with E-state index in [1.807, 2.05) is 11.0 Å². The predicted molar refractivity (Wildman–Crippen MR) is 100 cm³/mol.